The number of nitrogens with two attached hydrogens (primary N) is 1. The standard InChI is InChI=1S/C21H27N4O8P/c1-3-10-21(2,19(27)28)25(33-14-7-5-4-6-8-14)34(30)31-13-16-15(26)12-18(32-16)24-11-9-17(22)23-20(24)29/h3-9,11,15-16,18,26,34H,1,10,12-13H2,2H3,(H,27,28)(H2,22,23,29)/t15-,16+,18+,21?/m0/s1. The van der Waals surface area contributed by atoms with Crippen molar-refractivity contribution in [3.63, 3.8) is 0 Å². The number of nitrogens with zero attached hydrogens (tertiary/aromatic N) is 3. The van der Waals surface area contributed by atoms with Crippen LogP contribution >= 0.6 is 8.18 Å². The molecule has 34 heavy (non-hydrogen) atoms. The lowest BCUT2D eigenvalue weighted by Crippen LogP contribution is -2.50. The number of carbonyl (C=O) groups is 1. The van der Waals surface area contributed by atoms with Crippen molar-refractivity contribution in [2.24, 2.45) is 0 Å². The lowest BCUT2D eigenvalue weighted by molar-refractivity contribution is -0.161. The molecule has 3 rings (SSSR count). The van der Waals surface area contributed by atoms with Gasteiger partial charge in [-0.05, 0) is 36.4 Å². The van der Waals surface area contributed by atoms with Crippen LogP contribution in [0.5, 0.6) is 5.75 Å². The Balaban J connectivity index is 1.74. The van der Waals surface area contributed by atoms with Gasteiger partial charge in [0.15, 0.2) is 5.54 Å². The van der Waals surface area contributed by atoms with E-state index < -0.39 is 43.8 Å². The number of carboxylic acid groups (broad SMARTS) is 1. The fraction of sp³-hybridized carbons (Fsp3) is 0.381. The fourth-order valence-corrected chi connectivity index (χ4v) is 4.55. The zero-order chi connectivity index (χ0) is 24.9. The van der Waals surface area contributed by atoms with Gasteiger partial charge >= 0.3 is 11.7 Å². The summed E-state index contributed by atoms with van der Waals surface area (Å²) in [6.07, 6.45) is -0.0488. The molecular formula is C21H27N4O8P. The van der Waals surface area contributed by atoms with Crippen LogP contribution in [-0.4, -0.2) is 54.9 Å². The lowest BCUT2D eigenvalue weighted by Gasteiger charge is -2.34. The second-order valence-corrected chi connectivity index (χ2v) is 9.05. The molecule has 184 valence electrons. The molecule has 1 fully saturated rings. The zero-order valence-corrected chi connectivity index (χ0v) is 19.4. The van der Waals surface area contributed by atoms with Crippen LogP contribution < -0.4 is 16.3 Å². The maximum Gasteiger partial charge on any atom is 0.351 e. The number of aliphatic hydroxyl groups excluding tert-OH is 1. The van der Waals surface area contributed by atoms with Gasteiger partial charge in [-0.2, -0.15) is 4.98 Å². The molecule has 2 aromatic rings. The molecule has 1 saturated heterocycles. The Morgan fingerprint density at radius 3 is 2.76 bits per heavy atom. The van der Waals surface area contributed by atoms with Crippen molar-refractivity contribution >= 4 is 20.0 Å². The van der Waals surface area contributed by atoms with E-state index in [2.05, 4.69) is 11.6 Å². The van der Waals surface area contributed by atoms with E-state index in [9.17, 15) is 24.4 Å². The topological polar surface area (TPSA) is 166 Å². The summed E-state index contributed by atoms with van der Waals surface area (Å²) in [5, 5.41) is 20.2. The van der Waals surface area contributed by atoms with Gasteiger partial charge in [-0.1, -0.05) is 24.3 Å². The number of hydroxylamine groups is 1. The Kier molecular flexibility index (Phi) is 8.24. The Hall–Kier alpha value is -3.02. The number of anilines is 1. The van der Waals surface area contributed by atoms with E-state index in [0.29, 0.717) is 0 Å². The first-order valence-electron chi connectivity index (χ1n) is 10.4. The molecule has 13 heteroatoms. The highest BCUT2D eigenvalue weighted by Crippen LogP contribution is 2.40. The molecule has 0 amide bonds. The van der Waals surface area contributed by atoms with Crippen LogP contribution in [0.15, 0.2) is 60.0 Å². The van der Waals surface area contributed by atoms with Crippen LogP contribution in [0.1, 0.15) is 26.0 Å². The van der Waals surface area contributed by atoms with Crippen molar-refractivity contribution in [2.45, 2.75) is 43.7 Å². The van der Waals surface area contributed by atoms with Gasteiger partial charge in [0.25, 0.3) is 8.18 Å². The molecule has 1 aromatic heterocycles. The molecular weight excluding hydrogens is 467 g/mol. The maximum atomic E-state index is 13.1. The largest absolute Gasteiger partial charge is 0.480 e. The molecule has 1 aromatic carbocycles. The van der Waals surface area contributed by atoms with Gasteiger partial charge in [-0.25, -0.2) is 4.79 Å². The Morgan fingerprint density at radius 2 is 2.15 bits per heavy atom. The molecule has 1 aliphatic rings. The van der Waals surface area contributed by atoms with Gasteiger partial charge in [0.05, 0.1) is 12.7 Å². The number of carboxylic acids is 1. The second kappa shape index (κ2) is 10.9. The number of nitrogen functional groups attached to an aromatic ring is 1. The molecule has 0 saturated carbocycles. The van der Waals surface area contributed by atoms with Crippen LogP contribution in [0.4, 0.5) is 5.82 Å². The molecule has 12 nitrogen and oxygen atoms in total. The number of hydrogen-bond donors (Lipinski definition) is 3. The van der Waals surface area contributed by atoms with Gasteiger partial charge in [0.1, 0.15) is 23.9 Å². The molecule has 2 unspecified atom stereocenters. The summed E-state index contributed by atoms with van der Waals surface area (Å²) >= 11 is 0. The third kappa shape index (κ3) is 5.72. The average Bonchev–Trinajstić information content (AvgIpc) is 3.16. The number of aromatic nitrogens is 2. The van der Waals surface area contributed by atoms with Crippen molar-refractivity contribution in [1.29, 1.82) is 0 Å². The van der Waals surface area contributed by atoms with Crippen LogP contribution in [0.25, 0.3) is 0 Å². The number of ether oxygens (including phenoxy) is 1. The second-order valence-electron chi connectivity index (χ2n) is 7.82. The third-order valence-electron chi connectivity index (χ3n) is 5.29. The molecule has 5 atom stereocenters. The Morgan fingerprint density at radius 1 is 1.44 bits per heavy atom. The van der Waals surface area contributed by atoms with E-state index in [1.807, 2.05) is 0 Å². The average molecular weight is 494 g/mol. The predicted octanol–water partition coefficient (Wildman–Crippen LogP) is 1.60. The molecule has 1 aliphatic heterocycles. The molecule has 4 N–H and O–H groups in total. The summed E-state index contributed by atoms with van der Waals surface area (Å²) in [7, 11) is -3.31. The lowest BCUT2D eigenvalue weighted by atomic mass is 10.00. The summed E-state index contributed by atoms with van der Waals surface area (Å²) in [6, 6.07) is 9.66. The number of rotatable bonds is 11. The highest BCUT2D eigenvalue weighted by molar-refractivity contribution is 7.36. The summed E-state index contributed by atoms with van der Waals surface area (Å²) in [4.78, 5) is 34.2. The highest BCUT2D eigenvalue weighted by atomic mass is 31.1. The fourth-order valence-electron chi connectivity index (χ4n) is 3.36. The van der Waals surface area contributed by atoms with Gasteiger partial charge in [0.2, 0.25) is 0 Å². The highest BCUT2D eigenvalue weighted by Gasteiger charge is 2.45. The minimum atomic E-state index is -3.31. The van der Waals surface area contributed by atoms with E-state index >= 15 is 0 Å². The maximum absolute atomic E-state index is 13.1. The molecule has 0 bridgehead atoms. The molecule has 0 radical (unpaired) electrons. The van der Waals surface area contributed by atoms with Crippen LogP contribution in [0.3, 0.4) is 0 Å². The van der Waals surface area contributed by atoms with Gasteiger partial charge < -0.3 is 30.0 Å². The van der Waals surface area contributed by atoms with E-state index in [1.54, 1.807) is 30.3 Å². The number of hydrogen-bond acceptors (Lipinski definition) is 9. The first kappa shape index (κ1) is 25.6. The minimum Gasteiger partial charge on any atom is -0.480 e. The zero-order valence-electron chi connectivity index (χ0n) is 18.4. The van der Waals surface area contributed by atoms with Crippen LogP contribution in [-0.2, 0) is 18.6 Å². The van der Waals surface area contributed by atoms with Crippen LogP contribution in [0, 0.1) is 0 Å². The summed E-state index contributed by atoms with van der Waals surface area (Å²) in [6.45, 7) is 4.57. The predicted molar refractivity (Wildman–Crippen MR) is 122 cm³/mol. The van der Waals surface area contributed by atoms with Crippen molar-refractivity contribution < 1.29 is 33.7 Å². The number of aliphatic carboxylic acids is 1. The smallest absolute Gasteiger partial charge is 0.351 e. The monoisotopic (exact) mass is 494 g/mol. The number of benzene rings is 1. The first-order valence-corrected chi connectivity index (χ1v) is 11.6. The van der Waals surface area contributed by atoms with Gasteiger partial charge in [-0.15, -0.1) is 6.58 Å². The SMILES string of the molecule is C=CCC(C)(C(=O)O)N(Oc1ccccc1)[PH](=O)OC[C@H]1O[C@@H](n2ccc(N)nc2=O)C[C@@H]1O. The Labute approximate surface area is 196 Å². The molecule has 2 heterocycles. The van der Waals surface area contributed by atoms with E-state index in [-0.39, 0.29) is 31.0 Å². The quantitative estimate of drug-likeness (QED) is 0.236. The third-order valence-corrected chi connectivity index (χ3v) is 6.62. The van der Waals surface area contributed by atoms with E-state index in [4.69, 9.17) is 19.8 Å². The van der Waals surface area contributed by atoms with Crippen molar-refractivity contribution in [3.05, 3.63) is 65.7 Å². The van der Waals surface area contributed by atoms with Crippen molar-refractivity contribution in [3.8, 4) is 5.75 Å². The van der Waals surface area contributed by atoms with Gasteiger partial charge in [-0.3, -0.25) is 13.9 Å². The van der Waals surface area contributed by atoms with Gasteiger partial charge in [0, 0.05) is 12.6 Å². The number of para-hydroxylation sites is 1. The minimum absolute atomic E-state index is 0.0535. The first-order chi connectivity index (χ1) is 16.2. The van der Waals surface area contributed by atoms with Crippen LogP contribution in [0.2, 0.25) is 0 Å². The summed E-state index contributed by atoms with van der Waals surface area (Å²) in [5.41, 5.74) is 3.09. The van der Waals surface area contributed by atoms with E-state index in [0.717, 1.165) is 4.83 Å². The van der Waals surface area contributed by atoms with Crippen molar-refractivity contribution in [2.75, 3.05) is 12.3 Å². The van der Waals surface area contributed by atoms with E-state index in [1.165, 1.54) is 29.8 Å². The van der Waals surface area contributed by atoms with Crippen molar-refractivity contribution in [1.82, 2.24) is 14.4 Å². The number of aliphatic hydroxyl groups is 1. The Bertz CT molecular complexity index is 1100. The molecule has 0 spiro atoms. The summed E-state index contributed by atoms with van der Waals surface area (Å²) in [5.74, 6) is -0.982. The normalized spacial score (nSPS) is 22.7. The molecule has 0 aliphatic carbocycles. The summed E-state index contributed by atoms with van der Waals surface area (Å²) < 4.78 is 25.5.